The van der Waals surface area contributed by atoms with Crippen molar-refractivity contribution in [2.45, 2.75) is 13.5 Å². The van der Waals surface area contributed by atoms with Gasteiger partial charge in [-0.05, 0) is 31.2 Å². The van der Waals surface area contributed by atoms with Crippen molar-refractivity contribution in [3.63, 3.8) is 0 Å². The molecule has 4 nitrogen and oxygen atoms in total. The molecule has 2 aromatic rings. The molecule has 0 fully saturated rings. The number of furan rings is 1. The smallest absolute Gasteiger partial charge is 0.242 e. The van der Waals surface area contributed by atoms with Crippen LogP contribution in [0.4, 0.5) is 5.69 Å². The molecule has 0 aliphatic rings. The molecule has 0 aliphatic heterocycles. The predicted octanol–water partition coefficient (Wildman–Crippen LogP) is 2.76. The number of nitrogens with zero attached hydrogens (tertiary/aromatic N) is 2. The molecule has 20 heavy (non-hydrogen) atoms. The van der Waals surface area contributed by atoms with Gasteiger partial charge in [-0.3, -0.25) is 4.79 Å². The fraction of sp³-hybridized carbons (Fsp3) is 0.312. The van der Waals surface area contributed by atoms with Crippen molar-refractivity contribution >= 4 is 11.6 Å². The first-order chi connectivity index (χ1) is 9.70. The highest BCUT2D eigenvalue weighted by atomic mass is 16.3. The molecule has 4 heteroatoms. The summed E-state index contributed by atoms with van der Waals surface area (Å²) in [6.07, 6.45) is 1.62. The quantitative estimate of drug-likeness (QED) is 0.811. The largest absolute Gasteiger partial charge is 0.467 e. The van der Waals surface area contributed by atoms with E-state index in [0.717, 1.165) is 18.0 Å². The summed E-state index contributed by atoms with van der Waals surface area (Å²) in [6, 6.07) is 13.7. The van der Waals surface area contributed by atoms with E-state index in [1.54, 1.807) is 18.2 Å². The van der Waals surface area contributed by atoms with Crippen LogP contribution in [0.15, 0.2) is 53.1 Å². The van der Waals surface area contributed by atoms with Crippen LogP contribution in [0.5, 0.6) is 0 Å². The van der Waals surface area contributed by atoms with Crippen molar-refractivity contribution in [2.75, 3.05) is 25.0 Å². The van der Waals surface area contributed by atoms with Gasteiger partial charge < -0.3 is 14.2 Å². The molecule has 106 valence electrons. The Morgan fingerprint density at radius 1 is 1.15 bits per heavy atom. The first-order valence-electron chi connectivity index (χ1n) is 6.77. The first-order valence-corrected chi connectivity index (χ1v) is 6.77. The van der Waals surface area contributed by atoms with E-state index in [1.807, 2.05) is 49.4 Å². The van der Waals surface area contributed by atoms with Gasteiger partial charge in [0.1, 0.15) is 5.76 Å². The molecule has 0 saturated carbocycles. The lowest BCUT2D eigenvalue weighted by atomic mass is 10.3. The van der Waals surface area contributed by atoms with E-state index in [-0.39, 0.29) is 5.91 Å². The zero-order valence-electron chi connectivity index (χ0n) is 12.0. The average Bonchev–Trinajstić information content (AvgIpc) is 2.98. The summed E-state index contributed by atoms with van der Waals surface area (Å²) in [5.74, 6) is 0.871. The van der Waals surface area contributed by atoms with Gasteiger partial charge in [-0.15, -0.1) is 0 Å². The second-order valence-electron chi connectivity index (χ2n) is 4.68. The van der Waals surface area contributed by atoms with Crippen molar-refractivity contribution in [2.24, 2.45) is 0 Å². The highest BCUT2D eigenvalue weighted by Gasteiger charge is 2.14. The Hall–Kier alpha value is -2.23. The number of carbonyl (C=O) groups is 1. The van der Waals surface area contributed by atoms with E-state index in [1.165, 1.54) is 0 Å². The third kappa shape index (κ3) is 3.63. The molecule has 0 N–H and O–H groups in total. The van der Waals surface area contributed by atoms with Crippen LogP contribution in [0.1, 0.15) is 12.7 Å². The van der Waals surface area contributed by atoms with E-state index >= 15 is 0 Å². The zero-order chi connectivity index (χ0) is 14.4. The van der Waals surface area contributed by atoms with Crippen LogP contribution in [-0.4, -0.2) is 30.9 Å². The summed E-state index contributed by atoms with van der Waals surface area (Å²) in [5, 5.41) is 0. The summed E-state index contributed by atoms with van der Waals surface area (Å²) < 4.78 is 5.26. The van der Waals surface area contributed by atoms with Gasteiger partial charge in [0.2, 0.25) is 5.91 Å². The van der Waals surface area contributed by atoms with Crippen LogP contribution in [0, 0.1) is 0 Å². The molecule has 0 bridgehead atoms. The highest BCUT2D eigenvalue weighted by molar-refractivity contribution is 5.81. The number of hydrogen-bond acceptors (Lipinski definition) is 3. The van der Waals surface area contributed by atoms with Crippen LogP contribution in [0.25, 0.3) is 0 Å². The minimum Gasteiger partial charge on any atom is -0.467 e. The van der Waals surface area contributed by atoms with Crippen LogP contribution in [0.3, 0.4) is 0 Å². The van der Waals surface area contributed by atoms with Crippen molar-refractivity contribution in [3.8, 4) is 0 Å². The molecular formula is C16H20N2O2. The molecule has 0 saturated heterocycles. The number of para-hydroxylation sites is 1. The van der Waals surface area contributed by atoms with Gasteiger partial charge in [-0.25, -0.2) is 0 Å². The van der Waals surface area contributed by atoms with Gasteiger partial charge in [-0.1, -0.05) is 18.2 Å². The summed E-state index contributed by atoms with van der Waals surface area (Å²) >= 11 is 0. The minimum atomic E-state index is 0.0760. The number of amides is 1. The second-order valence-corrected chi connectivity index (χ2v) is 4.68. The van der Waals surface area contributed by atoms with Crippen molar-refractivity contribution in [1.29, 1.82) is 0 Å². The molecule has 2 rings (SSSR count). The van der Waals surface area contributed by atoms with E-state index in [2.05, 4.69) is 4.90 Å². The molecule has 1 heterocycles. The fourth-order valence-electron chi connectivity index (χ4n) is 2.03. The second kappa shape index (κ2) is 6.80. The number of benzene rings is 1. The third-order valence-corrected chi connectivity index (χ3v) is 3.23. The van der Waals surface area contributed by atoms with Gasteiger partial charge >= 0.3 is 0 Å². The summed E-state index contributed by atoms with van der Waals surface area (Å²) in [7, 11) is 1.80. The number of anilines is 1. The Balaban J connectivity index is 1.95. The monoisotopic (exact) mass is 272 g/mol. The predicted molar refractivity (Wildman–Crippen MR) is 79.5 cm³/mol. The maximum atomic E-state index is 12.3. The van der Waals surface area contributed by atoms with Crippen LogP contribution >= 0.6 is 0 Å². The van der Waals surface area contributed by atoms with E-state index in [9.17, 15) is 4.79 Å². The third-order valence-electron chi connectivity index (χ3n) is 3.23. The average molecular weight is 272 g/mol. The Kier molecular flexibility index (Phi) is 4.82. The van der Waals surface area contributed by atoms with Crippen molar-refractivity contribution < 1.29 is 9.21 Å². The zero-order valence-corrected chi connectivity index (χ0v) is 12.0. The standard InChI is InChI=1S/C16H20N2O2/c1-3-18(14-8-5-4-6-9-14)13-16(19)17(2)12-15-10-7-11-20-15/h4-11H,3,12-13H2,1-2H3. The Labute approximate surface area is 119 Å². The van der Waals surface area contributed by atoms with Crippen LogP contribution in [0.2, 0.25) is 0 Å². The summed E-state index contributed by atoms with van der Waals surface area (Å²) in [6.45, 7) is 3.72. The molecule has 1 aromatic heterocycles. The van der Waals surface area contributed by atoms with Gasteiger partial charge in [0.15, 0.2) is 0 Å². The number of carbonyl (C=O) groups excluding carboxylic acids is 1. The Morgan fingerprint density at radius 2 is 1.90 bits per heavy atom. The lowest BCUT2D eigenvalue weighted by Crippen LogP contribution is -2.38. The topological polar surface area (TPSA) is 36.7 Å². The normalized spacial score (nSPS) is 10.3. The SMILES string of the molecule is CCN(CC(=O)N(C)Cc1ccco1)c1ccccc1. The molecular weight excluding hydrogens is 252 g/mol. The molecule has 0 atom stereocenters. The number of hydrogen-bond donors (Lipinski definition) is 0. The summed E-state index contributed by atoms with van der Waals surface area (Å²) in [4.78, 5) is 16.0. The lowest BCUT2D eigenvalue weighted by molar-refractivity contribution is -0.129. The van der Waals surface area contributed by atoms with Crippen LogP contribution in [-0.2, 0) is 11.3 Å². The van der Waals surface area contributed by atoms with Gasteiger partial charge in [0.05, 0.1) is 19.4 Å². The maximum absolute atomic E-state index is 12.3. The lowest BCUT2D eigenvalue weighted by Gasteiger charge is -2.25. The highest BCUT2D eigenvalue weighted by Crippen LogP contribution is 2.13. The molecule has 0 spiro atoms. The van der Waals surface area contributed by atoms with Crippen LogP contribution < -0.4 is 4.90 Å². The van der Waals surface area contributed by atoms with E-state index in [4.69, 9.17) is 4.42 Å². The Morgan fingerprint density at radius 3 is 2.50 bits per heavy atom. The van der Waals surface area contributed by atoms with E-state index in [0.29, 0.717) is 13.1 Å². The molecule has 1 aromatic carbocycles. The van der Waals surface area contributed by atoms with Gasteiger partial charge in [0, 0.05) is 19.3 Å². The maximum Gasteiger partial charge on any atom is 0.242 e. The number of likely N-dealkylation sites (N-methyl/N-ethyl adjacent to an activating group) is 2. The molecule has 1 amide bonds. The summed E-state index contributed by atoms with van der Waals surface area (Å²) in [5.41, 5.74) is 1.06. The fourth-order valence-corrected chi connectivity index (χ4v) is 2.03. The van der Waals surface area contributed by atoms with Crippen molar-refractivity contribution in [3.05, 3.63) is 54.5 Å². The van der Waals surface area contributed by atoms with Gasteiger partial charge in [-0.2, -0.15) is 0 Å². The van der Waals surface area contributed by atoms with E-state index < -0.39 is 0 Å². The first kappa shape index (κ1) is 14.2. The molecule has 0 radical (unpaired) electrons. The number of rotatable bonds is 6. The molecule has 0 unspecified atom stereocenters. The van der Waals surface area contributed by atoms with Gasteiger partial charge in [0.25, 0.3) is 0 Å². The van der Waals surface area contributed by atoms with Crippen molar-refractivity contribution in [1.82, 2.24) is 4.90 Å². The minimum absolute atomic E-state index is 0.0760. The Bertz CT molecular complexity index is 523. The molecule has 0 aliphatic carbocycles.